The quantitative estimate of drug-likeness (QED) is 0.877. The highest BCUT2D eigenvalue weighted by atomic mass is 79.9. The summed E-state index contributed by atoms with van der Waals surface area (Å²) in [5.74, 6) is 0.0238. The molecular weight excluding hydrogens is 330 g/mol. The number of hydrogen-bond donors (Lipinski definition) is 2. The second-order valence-electron chi connectivity index (χ2n) is 4.91. The van der Waals surface area contributed by atoms with E-state index in [2.05, 4.69) is 20.7 Å². The zero-order chi connectivity index (χ0) is 13.9. The fourth-order valence-electron chi connectivity index (χ4n) is 2.48. The first-order valence-electron chi connectivity index (χ1n) is 6.41. The topological polar surface area (TPSA) is 66.4 Å². The maximum atomic E-state index is 12.3. The predicted molar refractivity (Wildman–Crippen MR) is 77.3 cm³/mol. The summed E-state index contributed by atoms with van der Waals surface area (Å²) in [6, 6.07) is 6.48. The molecule has 106 valence electrons. The van der Waals surface area contributed by atoms with Gasteiger partial charge in [0.15, 0.2) is 0 Å². The molecule has 1 fully saturated rings. The van der Waals surface area contributed by atoms with Crippen LogP contribution in [0.15, 0.2) is 33.6 Å². The molecule has 19 heavy (non-hydrogen) atoms. The standard InChI is InChI=1S/C13H18BrNO3S/c14-11-5-3-6-12(8-11)19(17,18)15-13-7-2-1-4-10(13)9-16/h3,5-6,8,10,13,15-16H,1-2,4,7,9H2. The number of nitrogens with one attached hydrogen (secondary N) is 1. The third-order valence-electron chi connectivity index (χ3n) is 3.56. The average molecular weight is 348 g/mol. The molecule has 0 aliphatic heterocycles. The Morgan fingerprint density at radius 2 is 2.05 bits per heavy atom. The van der Waals surface area contributed by atoms with Crippen LogP contribution in [-0.4, -0.2) is 26.2 Å². The van der Waals surface area contributed by atoms with Gasteiger partial charge in [-0.1, -0.05) is 34.8 Å². The monoisotopic (exact) mass is 347 g/mol. The highest BCUT2D eigenvalue weighted by Gasteiger charge is 2.28. The largest absolute Gasteiger partial charge is 0.396 e. The van der Waals surface area contributed by atoms with Gasteiger partial charge in [0.1, 0.15) is 0 Å². The molecule has 0 heterocycles. The van der Waals surface area contributed by atoms with Crippen LogP contribution in [0.5, 0.6) is 0 Å². The van der Waals surface area contributed by atoms with Crippen molar-refractivity contribution in [2.45, 2.75) is 36.6 Å². The van der Waals surface area contributed by atoms with Crippen molar-refractivity contribution in [1.29, 1.82) is 0 Å². The summed E-state index contributed by atoms with van der Waals surface area (Å²) in [6.07, 6.45) is 3.73. The first-order valence-corrected chi connectivity index (χ1v) is 8.69. The third kappa shape index (κ3) is 3.78. The van der Waals surface area contributed by atoms with Gasteiger partial charge in [0.25, 0.3) is 0 Å². The Balaban J connectivity index is 2.16. The summed E-state index contributed by atoms with van der Waals surface area (Å²) in [6.45, 7) is 0.0334. The predicted octanol–water partition coefficient (Wildman–Crippen LogP) is 2.28. The summed E-state index contributed by atoms with van der Waals surface area (Å²) >= 11 is 3.27. The Bertz CT molecular complexity index is 532. The molecule has 2 N–H and O–H groups in total. The van der Waals surface area contributed by atoms with Crippen molar-refractivity contribution in [3.63, 3.8) is 0 Å². The zero-order valence-corrected chi connectivity index (χ0v) is 13.0. The molecule has 1 aromatic rings. The first-order chi connectivity index (χ1) is 9.03. The van der Waals surface area contributed by atoms with Gasteiger partial charge in [-0.25, -0.2) is 13.1 Å². The minimum atomic E-state index is -3.52. The van der Waals surface area contributed by atoms with Crippen LogP contribution < -0.4 is 4.72 Å². The van der Waals surface area contributed by atoms with E-state index < -0.39 is 10.0 Å². The van der Waals surface area contributed by atoms with Crippen molar-refractivity contribution in [2.24, 2.45) is 5.92 Å². The molecule has 6 heteroatoms. The molecule has 0 saturated heterocycles. The van der Waals surface area contributed by atoms with Crippen molar-refractivity contribution in [3.05, 3.63) is 28.7 Å². The molecule has 0 spiro atoms. The Morgan fingerprint density at radius 1 is 1.32 bits per heavy atom. The van der Waals surface area contributed by atoms with E-state index in [9.17, 15) is 13.5 Å². The molecule has 4 nitrogen and oxygen atoms in total. The molecule has 2 rings (SSSR count). The Labute approximate surface area is 122 Å². The average Bonchev–Trinajstić information content (AvgIpc) is 2.39. The van der Waals surface area contributed by atoms with Crippen LogP contribution in [0.1, 0.15) is 25.7 Å². The highest BCUT2D eigenvalue weighted by molar-refractivity contribution is 9.10. The zero-order valence-electron chi connectivity index (χ0n) is 10.5. The van der Waals surface area contributed by atoms with E-state index in [1.807, 2.05) is 0 Å². The van der Waals surface area contributed by atoms with E-state index in [0.717, 1.165) is 30.2 Å². The van der Waals surface area contributed by atoms with Gasteiger partial charge in [-0.05, 0) is 37.0 Å². The molecule has 2 atom stereocenters. The first kappa shape index (κ1) is 15.0. The molecule has 0 amide bonds. The SMILES string of the molecule is O=S(=O)(NC1CCCCC1CO)c1cccc(Br)c1. The van der Waals surface area contributed by atoms with Crippen molar-refractivity contribution in [3.8, 4) is 0 Å². The number of benzene rings is 1. The van der Waals surface area contributed by atoms with Gasteiger partial charge < -0.3 is 5.11 Å². The minimum Gasteiger partial charge on any atom is -0.396 e. The van der Waals surface area contributed by atoms with Crippen LogP contribution in [0.2, 0.25) is 0 Å². The lowest BCUT2D eigenvalue weighted by Gasteiger charge is -2.30. The fraction of sp³-hybridized carbons (Fsp3) is 0.538. The highest BCUT2D eigenvalue weighted by Crippen LogP contribution is 2.26. The summed E-state index contributed by atoms with van der Waals surface area (Å²) in [7, 11) is -3.52. The van der Waals surface area contributed by atoms with Gasteiger partial charge >= 0.3 is 0 Å². The summed E-state index contributed by atoms with van der Waals surface area (Å²) < 4.78 is 28.1. The number of halogens is 1. The van der Waals surface area contributed by atoms with E-state index in [1.54, 1.807) is 24.3 Å². The maximum absolute atomic E-state index is 12.3. The van der Waals surface area contributed by atoms with E-state index in [4.69, 9.17) is 0 Å². The Kier molecular flexibility index (Phi) is 5.00. The van der Waals surface area contributed by atoms with Crippen LogP contribution in [0, 0.1) is 5.92 Å². The van der Waals surface area contributed by atoms with Crippen molar-refractivity contribution in [1.82, 2.24) is 4.72 Å². The molecule has 0 aromatic heterocycles. The number of hydrogen-bond acceptors (Lipinski definition) is 3. The van der Waals surface area contributed by atoms with Crippen LogP contribution in [-0.2, 0) is 10.0 Å². The van der Waals surface area contributed by atoms with E-state index in [0.29, 0.717) is 0 Å². The Morgan fingerprint density at radius 3 is 2.74 bits per heavy atom. The number of rotatable bonds is 4. The van der Waals surface area contributed by atoms with Gasteiger partial charge in [-0.15, -0.1) is 0 Å². The number of aliphatic hydroxyl groups is 1. The van der Waals surface area contributed by atoms with Gasteiger partial charge in [0.2, 0.25) is 10.0 Å². The van der Waals surface area contributed by atoms with Gasteiger partial charge in [-0.2, -0.15) is 0 Å². The summed E-state index contributed by atoms with van der Waals surface area (Å²) in [4.78, 5) is 0.254. The summed E-state index contributed by atoms with van der Waals surface area (Å²) in [5, 5.41) is 9.33. The van der Waals surface area contributed by atoms with Gasteiger partial charge in [0.05, 0.1) is 4.90 Å². The van der Waals surface area contributed by atoms with Crippen molar-refractivity contribution in [2.75, 3.05) is 6.61 Å². The van der Waals surface area contributed by atoms with Crippen LogP contribution >= 0.6 is 15.9 Å². The summed E-state index contributed by atoms with van der Waals surface area (Å²) in [5.41, 5.74) is 0. The smallest absolute Gasteiger partial charge is 0.240 e. The van der Waals surface area contributed by atoms with E-state index in [1.165, 1.54) is 0 Å². The van der Waals surface area contributed by atoms with E-state index >= 15 is 0 Å². The lowest BCUT2D eigenvalue weighted by Crippen LogP contribution is -2.43. The lowest BCUT2D eigenvalue weighted by molar-refractivity contribution is 0.164. The van der Waals surface area contributed by atoms with Gasteiger partial charge in [0, 0.05) is 17.1 Å². The second kappa shape index (κ2) is 6.35. The van der Waals surface area contributed by atoms with Crippen LogP contribution in [0.3, 0.4) is 0 Å². The van der Waals surface area contributed by atoms with Crippen LogP contribution in [0.4, 0.5) is 0 Å². The van der Waals surface area contributed by atoms with Crippen LogP contribution in [0.25, 0.3) is 0 Å². The second-order valence-corrected chi connectivity index (χ2v) is 7.54. The minimum absolute atomic E-state index is 0.0238. The molecule has 2 unspecified atom stereocenters. The fourth-order valence-corrected chi connectivity index (χ4v) is 4.42. The van der Waals surface area contributed by atoms with Crippen molar-refractivity contribution < 1.29 is 13.5 Å². The van der Waals surface area contributed by atoms with Gasteiger partial charge in [-0.3, -0.25) is 0 Å². The van der Waals surface area contributed by atoms with E-state index in [-0.39, 0.29) is 23.5 Å². The molecule has 0 radical (unpaired) electrons. The normalized spacial score (nSPS) is 24.3. The molecule has 1 saturated carbocycles. The maximum Gasteiger partial charge on any atom is 0.240 e. The third-order valence-corrected chi connectivity index (χ3v) is 5.54. The molecule has 1 aliphatic rings. The lowest BCUT2D eigenvalue weighted by atomic mass is 9.86. The molecule has 0 bridgehead atoms. The number of aliphatic hydroxyl groups excluding tert-OH is 1. The Hall–Kier alpha value is -0.430. The van der Waals surface area contributed by atoms with Crippen molar-refractivity contribution >= 4 is 26.0 Å². The number of sulfonamides is 1. The molecule has 1 aliphatic carbocycles. The molecular formula is C13H18BrNO3S. The molecule has 1 aromatic carbocycles.